The monoisotopic (exact) mass is 267 g/mol. The van der Waals surface area contributed by atoms with Crippen LogP contribution >= 0.6 is 0 Å². The predicted molar refractivity (Wildman–Crippen MR) is 68.7 cm³/mol. The maximum Gasteiger partial charge on any atom is 0.318 e. The van der Waals surface area contributed by atoms with E-state index in [-0.39, 0.29) is 18.0 Å². The topological polar surface area (TPSA) is 61.9 Å². The summed E-state index contributed by atoms with van der Waals surface area (Å²) in [5, 5.41) is 2.98. The zero-order chi connectivity index (χ0) is 13.2. The van der Waals surface area contributed by atoms with Gasteiger partial charge in [0, 0.05) is 25.7 Å². The Labute approximate surface area is 113 Å². The molecule has 2 aliphatic heterocycles. The molecular formula is C13H21N3O3. The summed E-state index contributed by atoms with van der Waals surface area (Å²) in [5.74, 6) is 0.0896. The number of nitrogens with one attached hydrogen (secondary N) is 1. The molecule has 0 spiro atoms. The van der Waals surface area contributed by atoms with Crippen molar-refractivity contribution in [3.05, 3.63) is 0 Å². The van der Waals surface area contributed by atoms with Crippen LogP contribution in [0.25, 0.3) is 0 Å². The maximum atomic E-state index is 12.5. The second kappa shape index (κ2) is 5.36. The average molecular weight is 267 g/mol. The number of likely N-dealkylation sites (tertiary alicyclic amines) is 1. The largest absolute Gasteiger partial charge is 0.378 e. The lowest BCUT2D eigenvalue weighted by atomic mass is 10.2. The maximum absolute atomic E-state index is 12.5. The van der Waals surface area contributed by atoms with Crippen molar-refractivity contribution in [3.8, 4) is 0 Å². The first-order valence-electron chi connectivity index (χ1n) is 7.19. The van der Waals surface area contributed by atoms with Gasteiger partial charge in [-0.3, -0.25) is 4.79 Å². The second-order valence-corrected chi connectivity index (χ2v) is 5.51. The molecule has 0 radical (unpaired) electrons. The van der Waals surface area contributed by atoms with Crippen molar-refractivity contribution >= 4 is 11.9 Å². The lowest BCUT2D eigenvalue weighted by molar-refractivity contribution is -0.139. The SMILES string of the molecule is O=C([C@H]1CCCN1C(=O)NC1CC1)N1CCOCC1. The lowest BCUT2D eigenvalue weighted by Crippen LogP contribution is -2.53. The number of morpholine rings is 1. The number of nitrogens with zero attached hydrogens (tertiary/aromatic N) is 2. The van der Waals surface area contributed by atoms with Gasteiger partial charge in [0.1, 0.15) is 6.04 Å². The van der Waals surface area contributed by atoms with E-state index in [1.807, 2.05) is 4.90 Å². The molecule has 0 bridgehead atoms. The van der Waals surface area contributed by atoms with E-state index in [4.69, 9.17) is 4.74 Å². The van der Waals surface area contributed by atoms with Crippen molar-refractivity contribution in [1.29, 1.82) is 0 Å². The fraction of sp³-hybridized carbons (Fsp3) is 0.846. The summed E-state index contributed by atoms with van der Waals surface area (Å²) >= 11 is 0. The van der Waals surface area contributed by atoms with E-state index >= 15 is 0 Å². The Hall–Kier alpha value is -1.30. The molecule has 3 rings (SSSR count). The molecule has 1 atom stereocenters. The number of carbonyl (C=O) groups is 2. The predicted octanol–water partition coefficient (Wildman–Crippen LogP) is 0.182. The molecule has 3 fully saturated rings. The molecule has 0 aromatic carbocycles. The molecule has 106 valence electrons. The molecule has 2 heterocycles. The summed E-state index contributed by atoms with van der Waals surface area (Å²) in [6, 6.07) is 0.00991. The molecule has 2 saturated heterocycles. The number of urea groups is 1. The van der Waals surface area contributed by atoms with Crippen LogP contribution in [0.5, 0.6) is 0 Å². The van der Waals surface area contributed by atoms with E-state index in [1.165, 1.54) is 0 Å². The first-order chi connectivity index (χ1) is 9.25. The van der Waals surface area contributed by atoms with Crippen molar-refractivity contribution in [1.82, 2.24) is 15.1 Å². The first-order valence-corrected chi connectivity index (χ1v) is 7.19. The molecule has 1 aliphatic carbocycles. The van der Waals surface area contributed by atoms with Gasteiger partial charge in [-0.15, -0.1) is 0 Å². The summed E-state index contributed by atoms with van der Waals surface area (Å²) < 4.78 is 5.26. The van der Waals surface area contributed by atoms with E-state index in [9.17, 15) is 9.59 Å². The fourth-order valence-electron chi connectivity index (χ4n) is 2.75. The van der Waals surface area contributed by atoms with Crippen LogP contribution in [-0.2, 0) is 9.53 Å². The van der Waals surface area contributed by atoms with Crippen LogP contribution in [-0.4, -0.2) is 66.7 Å². The van der Waals surface area contributed by atoms with Crippen molar-refractivity contribution in [3.63, 3.8) is 0 Å². The second-order valence-electron chi connectivity index (χ2n) is 5.51. The van der Waals surface area contributed by atoms with E-state index in [0.29, 0.717) is 38.9 Å². The van der Waals surface area contributed by atoms with E-state index in [0.717, 1.165) is 25.7 Å². The minimum Gasteiger partial charge on any atom is -0.378 e. The van der Waals surface area contributed by atoms with E-state index in [2.05, 4.69) is 5.32 Å². The summed E-state index contributed by atoms with van der Waals surface area (Å²) in [7, 11) is 0. The molecular weight excluding hydrogens is 246 g/mol. The van der Waals surface area contributed by atoms with Crippen LogP contribution in [0, 0.1) is 0 Å². The fourth-order valence-corrected chi connectivity index (χ4v) is 2.75. The molecule has 3 amide bonds. The molecule has 3 aliphatic rings. The van der Waals surface area contributed by atoms with Gasteiger partial charge in [0.05, 0.1) is 13.2 Å². The highest BCUT2D eigenvalue weighted by atomic mass is 16.5. The quantitative estimate of drug-likeness (QED) is 0.776. The smallest absolute Gasteiger partial charge is 0.318 e. The van der Waals surface area contributed by atoms with Crippen LogP contribution in [0.15, 0.2) is 0 Å². The van der Waals surface area contributed by atoms with Crippen molar-refractivity contribution in [2.24, 2.45) is 0 Å². The highest BCUT2D eigenvalue weighted by molar-refractivity contribution is 5.88. The van der Waals surface area contributed by atoms with Crippen LogP contribution in [0.3, 0.4) is 0 Å². The first kappa shape index (κ1) is 12.7. The van der Waals surface area contributed by atoms with Crippen molar-refractivity contribution in [2.75, 3.05) is 32.8 Å². The van der Waals surface area contributed by atoms with Crippen LogP contribution in [0.1, 0.15) is 25.7 Å². The third kappa shape index (κ3) is 2.83. The van der Waals surface area contributed by atoms with Gasteiger partial charge in [-0.2, -0.15) is 0 Å². The Morgan fingerprint density at radius 2 is 1.79 bits per heavy atom. The summed E-state index contributed by atoms with van der Waals surface area (Å²) in [5.41, 5.74) is 0. The third-order valence-corrected chi connectivity index (χ3v) is 4.03. The number of rotatable bonds is 2. The van der Waals surface area contributed by atoms with Gasteiger partial charge in [-0.05, 0) is 25.7 Å². The van der Waals surface area contributed by atoms with E-state index in [1.54, 1.807) is 4.90 Å². The highest BCUT2D eigenvalue weighted by Gasteiger charge is 2.38. The van der Waals surface area contributed by atoms with Crippen LogP contribution in [0.2, 0.25) is 0 Å². The van der Waals surface area contributed by atoms with E-state index < -0.39 is 0 Å². The molecule has 6 nitrogen and oxygen atoms in total. The minimum absolute atomic E-state index is 0.0633. The minimum atomic E-state index is -0.267. The van der Waals surface area contributed by atoms with Gasteiger partial charge >= 0.3 is 6.03 Å². The molecule has 6 heteroatoms. The lowest BCUT2D eigenvalue weighted by Gasteiger charge is -2.32. The zero-order valence-corrected chi connectivity index (χ0v) is 11.1. The number of carbonyl (C=O) groups excluding carboxylic acids is 2. The number of hydrogen-bond donors (Lipinski definition) is 1. The molecule has 0 aromatic rings. The van der Waals surface area contributed by atoms with Gasteiger partial charge in [-0.25, -0.2) is 4.79 Å². The van der Waals surface area contributed by atoms with Crippen LogP contribution < -0.4 is 5.32 Å². The Balaban J connectivity index is 1.60. The number of ether oxygens (including phenoxy) is 1. The van der Waals surface area contributed by atoms with Crippen LogP contribution in [0.4, 0.5) is 4.79 Å². The number of hydrogen-bond acceptors (Lipinski definition) is 3. The van der Waals surface area contributed by atoms with Gasteiger partial charge in [0.2, 0.25) is 5.91 Å². The van der Waals surface area contributed by atoms with Gasteiger partial charge in [-0.1, -0.05) is 0 Å². The van der Waals surface area contributed by atoms with Gasteiger partial charge < -0.3 is 19.9 Å². The zero-order valence-electron chi connectivity index (χ0n) is 11.1. The third-order valence-electron chi connectivity index (χ3n) is 4.03. The molecule has 1 saturated carbocycles. The van der Waals surface area contributed by atoms with Crippen molar-refractivity contribution < 1.29 is 14.3 Å². The normalized spacial score (nSPS) is 27.5. The molecule has 1 N–H and O–H groups in total. The standard InChI is InChI=1S/C13H21N3O3/c17-12(15-6-8-19-9-7-15)11-2-1-5-16(11)13(18)14-10-3-4-10/h10-11H,1-9H2,(H,14,18)/t11-/m1/s1. The van der Waals surface area contributed by atoms with Gasteiger partial charge in [0.25, 0.3) is 0 Å². The molecule has 0 aromatic heterocycles. The van der Waals surface area contributed by atoms with Gasteiger partial charge in [0.15, 0.2) is 0 Å². The summed E-state index contributed by atoms with van der Waals surface area (Å²) in [4.78, 5) is 28.1. The Morgan fingerprint density at radius 1 is 1.05 bits per heavy atom. The van der Waals surface area contributed by atoms with Crippen molar-refractivity contribution in [2.45, 2.75) is 37.8 Å². The average Bonchev–Trinajstić information content (AvgIpc) is 3.11. The highest BCUT2D eigenvalue weighted by Crippen LogP contribution is 2.23. The summed E-state index contributed by atoms with van der Waals surface area (Å²) in [6.45, 7) is 3.19. The Kier molecular flexibility index (Phi) is 3.59. The molecule has 19 heavy (non-hydrogen) atoms. The number of amides is 3. The summed E-state index contributed by atoms with van der Waals surface area (Å²) in [6.07, 6.45) is 3.84. The molecule has 0 unspecified atom stereocenters. The Morgan fingerprint density at radius 3 is 2.47 bits per heavy atom. The Bertz CT molecular complexity index is 364.